The van der Waals surface area contributed by atoms with Crippen molar-refractivity contribution in [3.05, 3.63) is 12.7 Å². The van der Waals surface area contributed by atoms with Crippen molar-refractivity contribution < 1.29 is 109 Å². The molecule has 0 saturated carbocycles. The summed E-state index contributed by atoms with van der Waals surface area (Å²) in [5, 5.41) is 16.7. The van der Waals surface area contributed by atoms with Crippen LogP contribution in [0.1, 0.15) is 6.42 Å². The Kier molecular flexibility index (Phi) is 23.7. The van der Waals surface area contributed by atoms with Gasteiger partial charge in [-0.1, -0.05) is 12.5 Å². The number of aliphatic hydroxyl groups excluding tert-OH is 1. The Labute approximate surface area is 161 Å². The zero-order chi connectivity index (χ0) is 6.27. The Bertz CT molecular complexity index is 138. The molecule has 2 aliphatic heterocycles. The minimum Gasteiger partial charge on any atom is -0.656 e. The van der Waals surface area contributed by atoms with Crippen molar-refractivity contribution in [2.24, 2.45) is 0 Å². The quantitative estimate of drug-likeness (QED) is 0.347. The van der Waals surface area contributed by atoms with E-state index in [0.29, 0.717) is 6.04 Å². The van der Waals surface area contributed by atoms with Crippen LogP contribution in [0, 0.1) is 38.5 Å². The average molecular weight is 704 g/mol. The minimum atomic E-state index is -0.211. The predicted octanol–water partition coefficient (Wildman–Crippen LogP) is -0.0921. The van der Waals surface area contributed by atoms with Gasteiger partial charge < -0.3 is 23.2 Å². The predicted molar refractivity (Wildman–Crippen MR) is 40.8 cm³/mol. The van der Waals surface area contributed by atoms with E-state index in [4.69, 9.17) is 0 Å². The summed E-state index contributed by atoms with van der Waals surface area (Å²) < 4.78 is 0. The van der Waals surface area contributed by atoms with E-state index in [1.54, 1.807) is 0 Å². The second-order valence-electron chi connectivity index (χ2n) is 2.77. The summed E-state index contributed by atoms with van der Waals surface area (Å²) in [5.74, 6) is 0. The molecule has 0 bridgehead atoms. The smallest absolute Gasteiger partial charge is 0.0520 e. The molecular formula is C7H14N2OUVWY-2. The Morgan fingerprint density at radius 2 is 1.93 bits per heavy atom. The molecule has 78 valence electrons. The Hall–Kier alpha value is 3.31. The Balaban J connectivity index is -0.0000001000. The first-order chi connectivity index (χ1) is 4.38. The molecule has 2 aliphatic rings. The summed E-state index contributed by atoms with van der Waals surface area (Å²) in [6.07, 6.45) is 0.902. The molecule has 2 radical (unpaired) electrons. The number of β-amino-alcohol motifs (C(OH)–C–C–N with tert-alkyl or cyclic N) is 1. The van der Waals surface area contributed by atoms with Crippen molar-refractivity contribution in [2.75, 3.05) is 13.1 Å². The van der Waals surface area contributed by atoms with Gasteiger partial charge >= 0.3 is 0 Å². The number of hydrogen-bond donors (Lipinski definition) is 2. The van der Waals surface area contributed by atoms with Crippen molar-refractivity contribution in [1.82, 2.24) is 5.32 Å². The molecule has 0 aromatic carbocycles. The van der Waals surface area contributed by atoms with Crippen LogP contribution in [0.3, 0.4) is 0 Å². The van der Waals surface area contributed by atoms with Gasteiger partial charge in [-0.25, -0.2) is 0 Å². The third-order valence-electron chi connectivity index (χ3n) is 2.18. The minimum absolute atomic E-state index is 0. The van der Waals surface area contributed by atoms with Gasteiger partial charge in [0, 0.05) is 110 Å². The van der Waals surface area contributed by atoms with E-state index in [1.165, 1.54) is 0 Å². The van der Waals surface area contributed by atoms with Gasteiger partial charge in [0.25, 0.3) is 0 Å². The maximum Gasteiger partial charge on any atom is 0.0520 e. The first kappa shape index (κ1) is 26.0. The first-order valence-corrected chi connectivity index (χ1v) is 3.46. The monoisotopic (exact) mass is 704 g/mol. The number of nitrogens with one attached hydrogen (secondary N) is 1. The number of aliphatic hydroxyl groups is 1. The fourth-order valence-electron chi connectivity index (χ4n) is 1.67. The van der Waals surface area contributed by atoms with Gasteiger partial charge in [0.1, 0.15) is 0 Å². The summed E-state index contributed by atoms with van der Waals surface area (Å²) in [4.78, 5) is 0. The molecule has 14 heavy (non-hydrogen) atoms. The van der Waals surface area contributed by atoms with Gasteiger partial charge in [-0.15, -0.1) is 6.54 Å². The van der Waals surface area contributed by atoms with E-state index in [9.17, 15) is 5.11 Å². The average Bonchev–Trinajstić information content (AvgIpc) is 2.35. The molecule has 0 amide bonds. The maximum atomic E-state index is 9.24. The summed E-state index contributed by atoms with van der Waals surface area (Å²) in [6, 6.07) is 0.699. The van der Waals surface area contributed by atoms with Gasteiger partial charge in [0.2, 0.25) is 0 Å². The van der Waals surface area contributed by atoms with Gasteiger partial charge in [-0.3, -0.25) is 0 Å². The fourth-order valence-corrected chi connectivity index (χ4v) is 1.67. The zero-order valence-electron chi connectivity index (χ0n) is 8.18. The summed E-state index contributed by atoms with van der Waals surface area (Å²) in [7, 11) is 0. The van der Waals surface area contributed by atoms with Gasteiger partial charge in [-0.05, 0) is 6.04 Å². The second kappa shape index (κ2) is 12.8. The van der Waals surface area contributed by atoms with Crippen LogP contribution in [-0.4, -0.2) is 36.4 Å². The van der Waals surface area contributed by atoms with Gasteiger partial charge in [-0.2, -0.15) is 0 Å². The molecule has 2 rings (SSSR count). The summed E-state index contributed by atoms with van der Waals surface area (Å²) >= 11 is 0. The number of rotatable bonds is 0. The maximum absolute atomic E-state index is 9.24. The third kappa shape index (κ3) is 6.30. The molecule has 2 N–H and O–H groups in total. The van der Waals surface area contributed by atoms with Gasteiger partial charge in [0.15, 0.2) is 0 Å². The molecule has 2 heterocycles. The van der Waals surface area contributed by atoms with E-state index < -0.39 is 0 Å². The SMILES string of the molecule is OC1CNC2CC[N-]C12.[CH3-].[U].[V].[W].[Y]. The van der Waals surface area contributed by atoms with Crippen LogP contribution in [-0.2, 0) is 72.3 Å². The van der Waals surface area contributed by atoms with E-state index in [-0.39, 0.29) is 123 Å². The number of nitrogens with zero attached hydrogens (tertiary/aromatic N) is 1. The van der Waals surface area contributed by atoms with Gasteiger partial charge in [0.05, 0.1) is 6.10 Å². The summed E-state index contributed by atoms with van der Waals surface area (Å²) in [5.41, 5.74) is 0. The van der Waals surface area contributed by atoms with Crippen LogP contribution in [0.4, 0.5) is 0 Å². The zero-order valence-corrected chi connectivity index (χ0v) is 19.5. The van der Waals surface area contributed by atoms with Crippen LogP contribution >= 0.6 is 0 Å². The molecule has 2 saturated heterocycles. The number of hydrogen-bond acceptors (Lipinski definition) is 2. The van der Waals surface area contributed by atoms with Crippen molar-refractivity contribution in [2.45, 2.75) is 24.6 Å². The normalized spacial score (nSPS) is 31.9. The van der Waals surface area contributed by atoms with Crippen LogP contribution in [0.15, 0.2) is 0 Å². The van der Waals surface area contributed by atoms with Crippen LogP contribution < -0.4 is 5.32 Å². The molecule has 0 aliphatic carbocycles. The fraction of sp³-hybridized carbons (Fsp3) is 0.857. The van der Waals surface area contributed by atoms with E-state index in [1.807, 2.05) is 0 Å². The van der Waals surface area contributed by atoms with Crippen molar-refractivity contribution >= 4 is 0 Å². The molecule has 3 unspecified atom stereocenters. The number of fused-ring (bicyclic) bond motifs is 1. The van der Waals surface area contributed by atoms with E-state index in [2.05, 4.69) is 10.6 Å². The van der Waals surface area contributed by atoms with Crippen LogP contribution in [0.5, 0.6) is 0 Å². The molecule has 0 aromatic heterocycles. The Morgan fingerprint density at radius 3 is 2.43 bits per heavy atom. The summed E-state index contributed by atoms with van der Waals surface area (Å²) in [6.45, 7) is 1.66. The second-order valence-corrected chi connectivity index (χ2v) is 2.77. The van der Waals surface area contributed by atoms with Crippen molar-refractivity contribution in [3.8, 4) is 0 Å². The van der Waals surface area contributed by atoms with Crippen molar-refractivity contribution in [3.63, 3.8) is 0 Å². The first-order valence-electron chi connectivity index (χ1n) is 3.46. The Morgan fingerprint density at radius 1 is 1.36 bits per heavy atom. The van der Waals surface area contributed by atoms with E-state index >= 15 is 0 Å². The molecule has 0 aromatic rings. The standard InChI is InChI=1S/C6H11N2O.CH3.U.V.W.Y/c9-5-3-8-4-1-2-7-6(4)5;;;;;/h4-6,8-9H,1-3H2;1H3;;;;/q2*-1;;;;. The van der Waals surface area contributed by atoms with E-state index in [0.717, 1.165) is 19.5 Å². The topological polar surface area (TPSA) is 46.4 Å². The largest absolute Gasteiger partial charge is 0.656 e. The molecular weight excluding hydrogens is 690 g/mol. The molecule has 0 spiro atoms. The van der Waals surface area contributed by atoms with Crippen LogP contribution in [0.25, 0.3) is 5.32 Å². The molecule has 2 fully saturated rings. The van der Waals surface area contributed by atoms with Crippen molar-refractivity contribution in [1.29, 1.82) is 0 Å². The molecule has 3 nitrogen and oxygen atoms in total. The van der Waals surface area contributed by atoms with Crippen LogP contribution in [0.2, 0.25) is 0 Å². The third-order valence-corrected chi connectivity index (χ3v) is 2.18. The molecule has 3 atom stereocenters. The molecule has 7 heteroatoms.